The van der Waals surface area contributed by atoms with Gasteiger partial charge in [0.2, 0.25) is 10.0 Å². The molecule has 23 heavy (non-hydrogen) atoms. The van der Waals surface area contributed by atoms with Crippen molar-refractivity contribution in [2.45, 2.75) is 24.7 Å². The molecule has 1 aromatic carbocycles. The van der Waals surface area contributed by atoms with Gasteiger partial charge in [0.15, 0.2) is 0 Å². The summed E-state index contributed by atoms with van der Waals surface area (Å²) in [6.45, 7) is 5.18. The average molecular weight is 428 g/mol. The summed E-state index contributed by atoms with van der Waals surface area (Å²) in [7, 11) is -1.87. The SMILES string of the molecule is CCNCC1CCN(S(=O)(=O)c2ccc(OC)c(Br)c2)CC1.Cl. The summed E-state index contributed by atoms with van der Waals surface area (Å²) in [4.78, 5) is 0.310. The number of benzene rings is 1. The van der Waals surface area contributed by atoms with E-state index in [-0.39, 0.29) is 12.4 Å². The summed E-state index contributed by atoms with van der Waals surface area (Å²) in [5, 5.41) is 3.34. The van der Waals surface area contributed by atoms with Crippen LogP contribution >= 0.6 is 28.3 Å². The summed E-state index contributed by atoms with van der Waals surface area (Å²) >= 11 is 3.35. The van der Waals surface area contributed by atoms with Gasteiger partial charge in [-0.2, -0.15) is 4.31 Å². The van der Waals surface area contributed by atoms with Crippen molar-refractivity contribution in [2.75, 3.05) is 33.3 Å². The Balaban J connectivity index is 0.00000264. The van der Waals surface area contributed by atoms with E-state index in [2.05, 4.69) is 28.2 Å². The minimum atomic E-state index is -3.43. The predicted octanol–water partition coefficient (Wildman–Crippen LogP) is 2.89. The van der Waals surface area contributed by atoms with Gasteiger partial charge in [-0.1, -0.05) is 6.92 Å². The van der Waals surface area contributed by atoms with E-state index in [0.29, 0.717) is 34.1 Å². The Morgan fingerprint density at radius 2 is 2.00 bits per heavy atom. The molecule has 1 N–H and O–H groups in total. The zero-order valence-electron chi connectivity index (χ0n) is 13.4. The first-order chi connectivity index (χ1) is 10.5. The van der Waals surface area contributed by atoms with Gasteiger partial charge in [0.05, 0.1) is 16.5 Å². The van der Waals surface area contributed by atoms with E-state index in [1.54, 1.807) is 29.6 Å². The molecule has 1 aliphatic rings. The highest BCUT2D eigenvalue weighted by Gasteiger charge is 2.29. The smallest absolute Gasteiger partial charge is 0.243 e. The molecule has 0 atom stereocenters. The van der Waals surface area contributed by atoms with E-state index >= 15 is 0 Å². The summed E-state index contributed by atoms with van der Waals surface area (Å²) in [5.41, 5.74) is 0. The number of methoxy groups -OCH3 is 1. The standard InChI is InChI=1S/C15H23BrN2O3S.ClH/c1-3-17-11-12-6-8-18(9-7-12)22(19,20)13-4-5-15(21-2)14(16)10-13;/h4-5,10,12,17H,3,6-9,11H2,1-2H3;1H. The molecule has 0 spiro atoms. The number of sulfonamides is 1. The second-order valence-electron chi connectivity index (χ2n) is 5.45. The largest absolute Gasteiger partial charge is 0.496 e. The third-order valence-electron chi connectivity index (χ3n) is 4.02. The molecule has 0 radical (unpaired) electrons. The average Bonchev–Trinajstić information content (AvgIpc) is 2.53. The van der Waals surface area contributed by atoms with Crippen molar-refractivity contribution in [2.24, 2.45) is 5.92 Å². The first kappa shape index (κ1) is 20.7. The number of nitrogens with one attached hydrogen (secondary N) is 1. The number of halogens is 2. The molecule has 0 aromatic heterocycles. The predicted molar refractivity (Wildman–Crippen MR) is 98.0 cm³/mol. The lowest BCUT2D eigenvalue weighted by molar-refractivity contribution is 0.268. The van der Waals surface area contributed by atoms with Crippen LogP contribution in [0.3, 0.4) is 0 Å². The van der Waals surface area contributed by atoms with Crippen molar-refractivity contribution >= 4 is 38.4 Å². The molecule has 1 aliphatic heterocycles. The van der Waals surface area contributed by atoms with Crippen molar-refractivity contribution in [3.8, 4) is 5.75 Å². The van der Waals surface area contributed by atoms with Crippen LogP contribution in [0.15, 0.2) is 27.6 Å². The van der Waals surface area contributed by atoms with Gasteiger partial charge in [-0.25, -0.2) is 8.42 Å². The van der Waals surface area contributed by atoms with Gasteiger partial charge in [-0.15, -0.1) is 12.4 Å². The molecule has 5 nitrogen and oxygen atoms in total. The van der Waals surface area contributed by atoms with Gasteiger partial charge in [-0.3, -0.25) is 0 Å². The minimum absolute atomic E-state index is 0. The van der Waals surface area contributed by atoms with Gasteiger partial charge in [-0.05, 0) is 66.0 Å². The Kier molecular flexibility index (Phi) is 8.30. The molecule has 1 fully saturated rings. The molecule has 1 aromatic rings. The Labute approximate surface area is 153 Å². The van der Waals surface area contributed by atoms with Crippen LogP contribution in [0.25, 0.3) is 0 Å². The fraction of sp³-hybridized carbons (Fsp3) is 0.600. The van der Waals surface area contributed by atoms with Crippen LogP contribution in [-0.2, 0) is 10.0 Å². The lowest BCUT2D eigenvalue weighted by Crippen LogP contribution is -2.40. The first-order valence-corrected chi connectivity index (χ1v) is 9.76. The molecular weight excluding hydrogens is 404 g/mol. The van der Waals surface area contributed by atoms with Gasteiger partial charge in [0, 0.05) is 13.1 Å². The number of hydrogen-bond donors (Lipinski definition) is 1. The van der Waals surface area contributed by atoms with Crippen LogP contribution in [0.5, 0.6) is 5.75 Å². The molecule has 0 unspecified atom stereocenters. The van der Waals surface area contributed by atoms with Crippen LogP contribution in [0.4, 0.5) is 0 Å². The Morgan fingerprint density at radius 3 is 2.52 bits per heavy atom. The van der Waals surface area contributed by atoms with Crippen molar-refractivity contribution in [3.05, 3.63) is 22.7 Å². The Morgan fingerprint density at radius 1 is 1.35 bits per heavy atom. The molecule has 0 saturated carbocycles. The summed E-state index contributed by atoms with van der Waals surface area (Å²) in [6.07, 6.45) is 1.81. The van der Waals surface area contributed by atoms with Gasteiger partial charge < -0.3 is 10.1 Å². The first-order valence-electron chi connectivity index (χ1n) is 7.53. The molecular formula is C15H24BrClN2O3S. The quantitative estimate of drug-likeness (QED) is 0.758. The molecule has 2 rings (SSSR count). The normalized spacial score (nSPS) is 16.8. The van der Waals surface area contributed by atoms with E-state index in [0.717, 1.165) is 25.9 Å². The molecule has 0 bridgehead atoms. The molecule has 1 saturated heterocycles. The second-order valence-corrected chi connectivity index (χ2v) is 8.24. The van der Waals surface area contributed by atoms with Crippen molar-refractivity contribution in [1.82, 2.24) is 9.62 Å². The van der Waals surface area contributed by atoms with E-state index in [4.69, 9.17) is 4.74 Å². The maximum absolute atomic E-state index is 12.7. The monoisotopic (exact) mass is 426 g/mol. The lowest BCUT2D eigenvalue weighted by Gasteiger charge is -2.31. The van der Waals surface area contributed by atoms with Crippen LogP contribution in [-0.4, -0.2) is 46.0 Å². The van der Waals surface area contributed by atoms with Gasteiger partial charge >= 0.3 is 0 Å². The van der Waals surface area contributed by atoms with Crippen molar-refractivity contribution < 1.29 is 13.2 Å². The second kappa shape index (κ2) is 9.22. The van der Waals surface area contributed by atoms with Gasteiger partial charge in [0.25, 0.3) is 0 Å². The molecule has 0 aliphatic carbocycles. The zero-order valence-corrected chi connectivity index (χ0v) is 16.6. The van der Waals surface area contributed by atoms with Crippen LogP contribution in [0.2, 0.25) is 0 Å². The zero-order chi connectivity index (χ0) is 16.2. The summed E-state index contributed by atoms with van der Waals surface area (Å²) in [5.74, 6) is 1.19. The number of piperidine rings is 1. The topological polar surface area (TPSA) is 58.6 Å². The van der Waals surface area contributed by atoms with Crippen LogP contribution in [0, 0.1) is 5.92 Å². The van der Waals surface area contributed by atoms with Crippen molar-refractivity contribution in [1.29, 1.82) is 0 Å². The molecule has 1 heterocycles. The van der Waals surface area contributed by atoms with E-state index < -0.39 is 10.0 Å². The molecule has 132 valence electrons. The highest BCUT2D eigenvalue weighted by atomic mass is 79.9. The van der Waals surface area contributed by atoms with E-state index in [1.807, 2.05) is 0 Å². The van der Waals surface area contributed by atoms with E-state index in [1.165, 1.54) is 0 Å². The fourth-order valence-corrected chi connectivity index (χ4v) is 4.85. The van der Waals surface area contributed by atoms with Gasteiger partial charge in [0.1, 0.15) is 5.75 Å². The minimum Gasteiger partial charge on any atom is -0.496 e. The maximum Gasteiger partial charge on any atom is 0.243 e. The fourth-order valence-electron chi connectivity index (χ4n) is 2.66. The van der Waals surface area contributed by atoms with Crippen LogP contribution in [0.1, 0.15) is 19.8 Å². The summed E-state index contributed by atoms with van der Waals surface area (Å²) < 4.78 is 32.8. The Bertz CT molecular complexity index is 605. The maximum atomic E-state index is 12.7. The Hall–Kier alpha value is -0.340. The highest BCUT2D eigenvalue weighted by Crippen LogP contribution is 2.30. The highest BCUT2D eigenvalue weighted by molar-refractivity contribution is 9.10. The molecule has 0 amide bonds. The third kappa shape index (κ3) is 5.06. The lowest BCUT2D eigenvalue weighted by atomic mass is 9.98. The third-order valence-corrected chi connectivity index (χ3v) is 6.53. The summed E-state index contributed by atoms with van der Waals surface area (Å²) in [6, 6.07) is 4.89. The number of rotatable bonds is 6. The van der Waals surface area contributed by atoms with Crippen LogP contribution < -0.4 is 10.1 Å². The van der Waals surface area contributed by atoms with E-state index in [9.17, 15) is 8.42 Å². The number of nitrogens with zero attached hydrogens (tertiary/aromatic N) is 1. The molecule has 8 heteroatoms. The van der Waals surface area contributed by atoms with Crippen molar-refractivity contribution in [3.63, 3.8) is 0 Å². The number of hydrogen-bond acceptors (Lipinski definition) is 4. The number of ether oxygens (including phenoxy) is 1.